The molecule has 0 saturated carbocycles. The number of carbonyl (C=O) groups is 2. The van der Waals surface area contributed by atoms with Crippen molar-refractivity contribution in [2.45, 2.75) is 51.7 Å². The van der Waals surface area contributed by atoms with Crippen LogP contribution >= 0.6 is 0 Å². The number of alkyl carbamates (subject to hydrolysis) is 1. The lowest BCUT2D eigenvalue weighted by Gasteiger charge is -2.19. The number of nitrogens with one attached hydrogen (secondary N) is 2. The fourth-order valence-electron chi connectivity index (χ4n) is 1.53. The van der Waals surface area contributed by atoms with Crippen LogP contribution in [-0.2, 0) is 14.3 Å². The average Bonchev–Trinajstić information content (AvgIpc) is 2.36. The molecule has 0 aromatic rings. The van der Waals surface area contributed by atoms with Gasteiger partial charge in [-0.1, -0.05) is 0 Å². The van der Waals surface area contributed by atoms with Gasteiger partial charge in [0.05, 0.1) is 12.6 Å². The van der Waals surface area contributed by atoms with Crippen molar-refractivity contribution in [2.75, 3.05) is 26.8 Å². The summed E-state index contributed by atoms with van der Waals surface area (Å²) < 4.78 is 9.94. The van der Waals surface area contributed by atoms with E-state index >= 15 is 0 Å². The van der Waals surface area contributed by atoms with Gasteiger partial charge in [-0.05, 0) is 40.0 Å². The number of ether oxygens (including phenoxy) is 2. The molecule has 7 nitrogen and oxygen atoms in total. The summed E-state index contributed by atoms with van der Waals surface area (Å²) in [6.45, 7) is 6.88. The van der Waals surface area contributed by atoms with Crippen LogP contribution in [0.15, 0.2) is 0 Å². The largest absolute Gasteiger partial charge is 0.444 e. The van der Waals surface area contributed by atoms with E-state index in [0.717, 1.165) is 12.8 Å². The first-order chi connectivity index (χ1) is 9.76. The van der Waals surface area contributed by atoms with Crippen molar-refractivity contribution in [3.8, 4) is 0 Å². The fraction of sp³-hybridized carbons (Fsp3) is 0.857. The van der Waals surface area contributed by atoms with E-state index in [1.165, 1.54) is 0 Å². The fourth-order valence-corrected chi connectivity index (χ4v) is 1.53. The summed E-state index contributed by atoms with van der Waals surface area (Å²) in [6.07, 6.45) is 1.66. The van der Waals surface area contributed by atoms with E-state index in [9.17, 15) is 9.59 Å². The third-order valence-corrected chi connectivity index (χ3v) is 2.55. The second-order valence-electron chi connectivity index (χ2n) is 5.81. The Balaban J connectivity index is 3.62. The molecule has 0 aliphatic rings. The minimum absolute atomic E-state index is 0.174. The van der Waals surface area contributed by atoms with Gasteiger partial charge in [0.15, 0.2) is 0 Å². The normalized spacial score (nSPS) is 12.6. The summed E-state index contributed by atoms with van der Waals surface area (Å²) in [5.41, 5.74) is 5.27. The minimum Gasteiger partial charge on any atom is -0.444 e. The van der Waals surface area contributed by atoms with E-state index in [1.807, 2.05) is 20.8 Å². The Kier molecular flexibility index (Phi) is 9.73. The number of methoxy groups -OCH3 is 1. The van der Waals surface area contributed by atoms with E-state index in [2.05, 4.69) is 10.6 Å². The molecule has 2 amide bonds. The third kappa shape index (κ3) is 12.1. The van der Waals surface area contributed by atoms with Crippen LogP contribution < -0.4 is 16.4 Å². The second-order valence-corrected chi connectivity index (χ2v) is 5.81. The van der Waals surface area contributed by atoms with E-state index in [0.29, 0.717) is 26.1 Å². The second kappa shape index (κ2) is 10.4. The number of unbranched alkanes of at least 4 members (excludes halogenated alkanes) is 1. The Morgan fingerprint density at radius 1 is 1.14 bits per heavy atom. The van der Waals surface area contributed by atoms with Gasteiger partial charge in [0, 0.05) is 20.2 Å². The lowest BCUT2D eigenvalue weighted by molar-refractivity contribution is -0.122. The highest BCUT2D eigenvalue weighted by Crippen LogP contribution is 2.06. The van der Waals surface area contributed by atoms with Crippen LogP contribution in [0.5, 0.6) is 0 Å². The zero-order valence-corrected chi connectivity index (χ0v) is 13.5. The molecule has 0 spiro atoms. The van der Waals surface area contributed by atoms with Crippen molar-refractivity contribution in [1.82, 2.24) is 10.6 Å². The lowest BCUT2D eigenvalue weighted by atomic mass is 10.1. The summed E-state index contributed by atoms with van der Waals surface area (Å²) in [6, 6.07) is -0.525. The van der Waals surface area contributed by atoms with Crippen molar-refractivity contribution < 1.29 is 19.1 Å². The average molecular weight is 303 g/mol. The molecule has 0 aromatic heterocycles. The van der Waals surface area contributed by atoms with Crippen molar-refractivity contribution in [2.24, 2.45) is 5.73 Å². The van der Waals surface area contributed by atoms with Gasteiger partial charge >= 0.3 is 6.09 Å². The van der Waals surface area contributed by atoms with Gasteiger partial charge in [-0.25, -0.2) is 4.79 Å². The van der Waals surface area contributed by atoms with Gasteiger partial charge in [-0.3, -0.25) is 4.79 Å². The standard InChI is InChI=1S/C14H29N3O4/c1-14(2,3)21-13(19)17-8-6-5-7-11(15)12(18)16-9-10-20-4/h11H,5-10,15H2,1-4H3,(H,16,18)(H,17,19). The van der Waals surface area contributed by atoms with Crippen LogP contribution in [0.25, 0.3) is 0 Å². The summed E-state index contributed by atoms with van der Waals surface area (Å²) >= 11 is 0. The molecular weight excluding hydrogens is 274 g/mol. The van der Waals surface area contributed by atoms with Crippen LogP contribution in [0.3, 0.4) is 0 Å². The van der Waals surface area contributed by atoms with Crippen LogP contribution in [0.1, 0.15) is 40.0 Å². The van der Waals surface area contributed by atoms with Crippen LogP contribution in [0, 0.1) is 0 Å². The first-order valence-corrected chi connectivity index (χ1v) is 7.25. The van der Waals surface area contributed by atoms with Crippen molar-refractivity contribution >= 4 is 12.0 Å². The molecule has 0 aromatic carbocycles. The number of nitrogens with two attached hydrogens (primary N) is 1. The Bertz CT molecular complexity index is 316. The van der Waals surface area contributed by atoms with E-state index in [-0.39, 0.29) is 5.91 Å². The van der Waals surface area contributed by atoms with Gasteiger partial charge < -0.3 is 25.8 Å². The van der Waals surface area contributed by atoms with Crippen LogP contribution in [0.4, 0.5) is 4.79 Å². The van der Waals surface area contributed by atoms with E-state index in [4.69, 9.17) is 15.2 Å². The predicted molar refractivity (Wildman–Crippen MR) is 80.9 cm³/mol. The monoisotopic (exact) mass is 303 g/mol. The molecule has 0 aliphatic heterocycles. The number of carbonyl (C=O) groups excluding carboxylic acids is 2. The topological polar surface area (TPSA) is 103 Å². The summed E-state index contributed by atoms with van der Waals surface area (Å²) in [7, 11) is 1.57. The Hall–Kier alpha value is -1.34. The van der Waals surface area contributed by atoms with Gasteiger partial charge in [-0.15, -0.1) is 0 Å². The Morgan fingerprint density at radius 3 is 2.38 bits per heavy atom. The van der Waals surface area contributed by atoms with Gasteiger partial charge in [-0.2, -0.15) is 0 Å². The Morgan fingerprint density at radius 2 is 1.81 bits per heavy atom. The molecule has 7 heteroatoms. The van der Waals surface area contributed by atoms with Gasteiger partial charge in [0.2, 0.25) is 5.91 Å². The number of amides is 2. The molecule has 0 radical (unpaired) electrons. The highest BCUT2D eigenvalue weighted by atomic mass is 16.6. The van der Waals surface area contributed by atoms with Crippen molar-refractivity contribution in [1.29, 1.82) is 0 Å². The molecule has 124 valence electrons. The van der Waals surface area contributed by atoms with Crippen molar-refractivity contribution in [3.05, 3.63) is 0 Å². The van der Waals surface area contributed by atoms with Crippen LogP contribution in [-0.4, -0.2) is 50.4 Å². The molecule has 0 heterocycles. The van der Waals surface area contributed by atoms with Crippen LogP contribution in [0.2, 0.25) is 0 Å². The summed E-state index contributed by atoms with van der Waals surface area (Å²) in [4.78, 5) is 22.9. The highest BCUT2D eigenvalue weighted by Gasteiger charge is 2.15. The first-order valence-electron chi connectivity index (χ1n) is 7.25. The molecule has 0 bridgehead atoms. The van der Waals surface area contributed by atoms with Crippen molar-refractivity contribution in [3.63, 3.8) is 0 Å². The lowest BCUT2D eigenvalue weighted by Crippen LogP contribution is -2.41. The molecule has 1 atom stereocenters. The molecular formula is C14H29N3O4. The number of hydrogen-bond acceptors (Lipinski definition) is 5. The number of rotatable bonds is 9. The molecule has 0 saturated heterocycles. The quantitative estimate of drug-likeness (QED) is 0.546. The molecule has 0 fully saturated rings. The Labute approximate surface area is 126 Å². The minimum atomic E-state index is -0.525. The maximum absolute atomic E-state index is 11.6. The van der Waals surface area contributed by atoms with Gasteiger partial charge in [0.25, 0.3) is 0 Å². The maximum atomic E-state index is 11.6. The summed E-state index contributed by atoms with van der Waals surface area (Å²) in [5.74, 6) is -0.174. The molecule has 0 rings (SSSR count). The maximum Gasteiger partial charge on any atom is 0.407 e. The third-order valence-electron chi connectivity index (χ3n) is 2.55. The zero-order chi connectivity index (χ0) is 16.3. The summed E-state index contributed by atoms with van der Waals surface area (Å²) in [5, 5.41) is 5.35. The molecule has 1 unspecified atom stereocenters. The van der Waals surface area contributed by atoms with Gasteiger partial charge in [0.1, 0.15) is 5.60 Å². The molecule has 0 aliphatic carbocycles. The smallest absolute Gasteiger partial charge is 0.407 e. The molecule has 21 heavy (non-hydrogen) atoms. The SMILES string of the molecule is COCCNC(=O)C(N)CCCCNC(=O)OC(C)(C)C. The van der Waals surface area contributed by atoms with E-state index < -0.39 is 17.7 Å². The first kappa shape index (κ1) is 19.7. The highest BCUT2D eigenvalue weighted by molar-refractivity contribution is 5.81. The zero-order valence-electron chi connectivity index (χ0n) is 13.5. The van der Waals surface area contributed by atoms with E-state index in [1.54, 1.807) is 7.11 Å². The molecule has 4 N–H and O–H groups in total. The number of hydrogen-bond donors (Lipinski definition) is 3. The predicted octanol–water partition coefficient (Wildman–Crippen LogP) is 0.771.